The van der Waals surface area contributed by atoms with Crippen molar-refractivity contribution in [3.8, 4) is 0 Å². The molecule has 0 atom stereocenters. The summed E-state index contributed by atoms with van der Waals surface area (Å²) in [4.78, 5) is 14.3. The minimum Gasteiger partial charge on any atom is -0.334 e. The summed E-state index contributed by atoms with van der Waals surface area (Å²) in [6.07, 6.45) is 0.859. The molecule has 110 valence electrons. The molecule has 0 fully saturated rings. The van der Waals surface area contributed by atoms with E-state index in [0.29, 0.717) is 23.1 Å². The summed E-state index contributed by atoms with van der Waals surface area (Å²) in [6, 6.07) is 14.3. The van der Waals surface area contributed by atoms with Gasteiger partial charge in [-0.3, -0.25) is 4.79 Å². The molecule has 0 heterocycles. The highest BCUT2D eigenvalue weighted by Gasteiger charge is 2.16. The lowest BCUT2D eigenvalue weighted by Gasteiger charge is -2.22. The molecule has 0 spiro atoms. The van der Waals surface area contributed by atoms with Crippen molar-refractivity contribution < 1.29 is 9.18 Å². The van der Waals surface area contributed by atoms with E-state index in [1.165, 1.54) is 6.07 Å². The van der Waals surface area contributed by atoms with Crippen LogP contribution in [0, 0.1) is 5.82 Å². The van der Waals surface area contributed by atoms with Gasteiger partial charge in [0, 0.05) is 18.7 Å². The molecule has 2 nitrogen and oxygen atoms in total. The molecule has 0 N–H and O–H groups in total. The average molecular weight is 350 g/mol. The number of nitrogens with zero attached hydrogens (tertiary/aromatic N) is 1. The van der Waals surface area contributed by atoms with Gasteiger partial charge >= 0.3 is 0 Å². The molecule has 2 aromatic rings. The number of halogens is 2. The lowest BCUT2D eigenvalue weighted by molar-refractivity contribution is 0.0742. The van der Waals surface area contributed by atoms with Crippen LogP contribution in [0.2, 0.25) is 0 Å². The third-order valence-electron chi connectivity index (χ3n) is 3.16. The van der Waals surface area contributed by atoms with Gasteiger partial charge in [-0.25, -0.2) is 4.39 Å². The van der Waals surface area contributed by atoms with E-state index in [-0.39, 0.29) is 5.91 Å². The topological polar surface area (TPSA) is 20.3 Å². The second kappa shape index (κ2) is 7.36. The summed E-state index contributed by atoms with van der Waals surface area (Å²) in [5, 5.41) is 0. The predicted octanol–water partition coefficient (Wildman–Crippen LogP) is 4.64. The van der Waals surface area contributed by atoms with Crippen molar-refractivity contribution >= 4 is 21.8 Å². The van der Waals surface area contributed by atoms with Gasteiger partial charge in [-0.15, -0.1) is 0 Å². The van der Waals surface area contributed by atoms with E-state index in [4.69, 9.17) is 0 Å². The SMILES string of the molecule is CCCN(Cc1ccccc1)C(=O)c1ccc(Br)c(F)c1. The second-order valence-corrected chi connectivity index (χ2v) is 5.70. The molecular formula is C17H17BrFNO. The lowest BCUT2D eigenvalue weighted by atomic mass is 10.1. The number of benzene rings is 2. The third-order valence-corrected chi connectivity index (χ3v) is 3.81. The van der Waals surface area contributed by atoms with Crippen molar-refractivity contribution in [1.82, 2.24) is 4.90 Å². The highest BCUT2D eigenvalue weighted by molar-refractivity contribution is 9.10. The average Bonchev–Trinajstić information content (AvgIpc) is 2.50. The molecule has 1 amide bonds. The first-order valence-electron chi connectivity index (χ1n) is 6.90. The Labute approximate surface area is 132 Å². The Hall–Kier alpha value is -1.68. The standard InChI is InChI=1S/C17H17BrFNO/c1-2-10-20(12-13-6-4-3-5-7-13)17(21)14-8-9-15(18)16(19)11-14/h3-9,11H,2,10,12H2,1H3. The van der Waals surface area contributed by atoms with Crippen LogP contribution >= 0.6 is 15.9 Å². The summed E-state index contributed by atoms with van der Waals surface area (Å²) < 4.78 is 14.0. The van der Waals surface area contributed by atoms with Crippen LogP contribution in [0.4, 0.5) is 4.39 Å². The van der Waals surface area contributed by atoms with Crippen LogP contribution in [0.5, 0.6) is 0 Å². The Morgan fingerprint density at radius 1 is 1.19 bits per heavy atom. The van der Waals surface area contributed by atoms with E-state index >= 15 is 0 Å². The molecule has 2 aromatic carbocycles. The van der Waals surface area contributed by atoms with Crippen LogP contribution in [0.25, 0.3) is 0 Å². The van der Waals surface area contributed by atoms with Gasteiger partial charge in [-0.05, 0) is 46.1 Å². The van der Waals surface area contributed by atoms with Gasteiger partial charge in [0.05, 0.1) is 4.47 Å². The molecular weight excluding hydrogens is 333 g/mol. The van der Waals surface area contributed by atoms with Gasteiger partial charge in [-0.1, -0.05) is 37.3 Å². The molecule has 0 aliphatic rings. The third kappa shape index (κ3) is 4.14. The quantitative estimate of drug-likeness (QED) is 0.769. The molecule has 0 bridgehead atoms. The number of hydrogen-bond donors (Lipinski definition) is 0. The zero-order valence-electron chi connectivity index (χ0n) is 11.9. The number of hydrogen-bond acceptors (Lipinski definition) is 1. The molecule has 0 aliphatic carbocycles. The van der Waals surface area contributed by atoms with E-state index in [2.05, 4.69) is 15.9 Å². The normalized spacial score (nSPS) is 10.4. The van der Waals surface area contributed by atoms with E-state index in [1.807, 2.05) is 37.3 Å². The fourth-order valence-corrected chi connectivity index (χ4v) is 2.38. The van der Waals surface area contributed by atoms with Crippen molar-refractivity contribution in [2.45, 2.75) is 19.9 Å². The van der Waals surface area contributed by atoms with Gasteiger partial charge in [0.15, 0.2) is 0 Å². The van der Waals surface area contributed by atoms with Crippen LogP contribution in [0.1, 0.15) is 29.3 Å². The minimum absolute atomic E-state index is 0.146. The van der Waals surface area contributed by atoms with E-state index < -0.39 is 5.82 Å². The van der Waals surface area contributed by atoms with Gasteiger partial charge in [0.1, 0.15) is 5.82 Å². The smallest absolute Gasteiger partial charge is 0.254 e. The van der Waals surface area contributed by atoms with Crippen LogP contribution < -0.4 is 0 Å². The Morgan fingerprint density at radius 3 is 2.52 bits per heavy atom. The first kappa shape index (κ1) is 15.7. The highest BCUT2D eigenvalue weighted by atomic mass is 79.9. The second-order valence-electron chi connectivity index (χ2n) is 4.84. The fraction of sp³-hybridized carbons (Fsp3) is 0.235. The molecule has 0 radical (unpaired) electrons. The van der Waals surface area contributed by atoms with Crippen molar-refractivity contribution in [2.75, 3.05) is 6.54 Å². The number of carbonyl (C=O) groups is 1. The first-order chi connectivity index (χ1) is 10.1. The summed E-state index contributed by atoms with van der Waals surface area (Å²) >= 11 is 3.10. The Kier molecular flexibility index (Phi) is 5.51. The molecule has 0 saturated heterocycles. The van der Waals surface area contributed by atoms with Crippen LogP contribution in [0.15, 0.2) is 53.0 Å². The monoisotopic (exact) mass is 349 g/mol. The molecule has 2 rings (SSSR count). The van der Waals surface area contributed by atoms with E-state index in [0.717, 1.165) is 12.0 Å². The summed E-state index contributed by atoms with van der Waals surface area (Å²) in [5.74, 6) is -0.566. The maximum absolute atomic E-state index is 13.6. The highest BCUT2D eigenvalue weighted by Crippen LogP contribution is 2.18. The van der Waals surface area contributed by atoms with Crippen LogP contribution in [0.3, 0.4) is 0 Å². The summed E-state index contributed by atoms with van der Waals surface area (Å²) in [5.41, 5.74) is 1.44. The van der Waals surface area contributed by atoms with Gasteiger partial charge in [-0.2, -0.15) is 0 Å². The predicted molar refractivity (Wildman–Crippen MR) is 85.6 cm³/mol. The van der Waals surface area contributed by atoms with Crippen LogP contribution in [-0.2, 0) is 6.54 Å². The number of amides is 1. The van der Waals surface area contributed by atoms with E-state index in [1.54, 1.807) is 17.0 Å². The van der Waals surface area contributed by atoms with Crippen molar-refractivity contribution in [2.24, 2.45) is 0 Å². The zero-order valence-corrected chi connectivity index (χ0v) is 13.4. The van der Waals surface area contributed by atoms with Crippen LogP contribution in [-0.4, -0.2) is 17.4 Å². The molecule has 0 saturated carbocycles. The zero-order chi connectivity index (χ0) is 15.2. The molecule has 0 aliphatic heterocycles. The van der Waals surface area contributed by atoms with Crippen molar-refractivity contribution in [3.05, 3.63) is 69.9 Å². The maximum Gasteiger partial charge on any atom is 0.254 e. The number of carbonyl (C=O) groups excluding carboxylic acids is 1. The van der Waals surface area contributed by atoms with Gasteiger partial charge in [0.25, 0.3) is 5.91 Å². The van der Waals surface area contributed by atoms with Crippen molar-refractivity contribution in [1.29, 1.82) is 0 Å². The summed E-state index contributed by atoms with van der Waals surface area (Å²) in [6.45, 7) is 3.20. The molecule has 21 heavy (non-hydrogen) atoms. The molecule has 0 aromatic heterocycles. The van der Waals surface area contributed by atoms with Crippen molar-refractivity contribution in [3.63, 3.8) is 0 Å². The van der Waals surface area contributed by atoms with Gasteiger partial charge < -0.3 is 4.90 Å². The van der Waals surface area contributed by atoms with E-state index in [9.17, 15) is 9.18 Å². The first-order valence-corrected chi connectivity index (χ1v) is 7.69. The lowest BCUT2D eigenvalue weighted by Crippen LogP contribution is -2.31. The summed E-state index contributed by atoms with van der Waals surface area (Å²) in [7, 11) is 0. The minimum atomic E-state index is -0.419. The Morgan fingerprint density at radius 2 is 1.90 bits per heavy atom. The Balaban J connectivity index is 2.20. The number of rotatable bonds is 5. The Bertz CT molecular complexity index is 615. The maximum atomic E-state index is 13.6. The van der Waals surface area contributed by atoms with Gasteiger partial charge in [0.2, 0.25) is 0 Å². The molecule has 4 heteroatoms. The largest absolute Gasteiger partial charge is 0.334 e. The fourth-order valence-electron chi connectivity index (χ4n) is 2.14. The molecule has 0 unspecified atom stereocenters.